The van der Waals surface area contributed by atoms with E-state index >= 15 is 0 Å². The van der Waals surface area contributed by atoms with E-state index in [1.807, 2.05) is 0 Å². The van der Waals surface area contributed by atoms with Crippen LogP contribution >= 0.6 is 0 Å². The molecule has 0 bridgehead atoms. The summed E-state index contributed by atoms with van der Waals surface area (Å²) in [7, 11) is 0. The summed E-state index contributed by atoms with van der Waals surface area (Å²) in [6, 6.07) is 0. The lowest BCUT2D eigenvalue weighted by Gasteiger charge is -2.40. The van der Waals surface area contributed by atoms with Gasteiger partial charge in [0.15, 0.2) is 0 Å². The van der Waals surface area contributed by atoms with Gasteiger partial charge in [-0.05, 0) is 0 Å². The zero-order valence-corrected chi connectivity index (χ0v) is 10.9. The monoisotopic (exact) mass is 430 g/mol. The van der Waals surface area contributed by atoms with Gasteiger partial charge in [-0.15, -0.1) is 13.2 Å². The van der Waals surface area contributed by atoms with E-state index in [4.69, 9.17) is 5.11 Å². The Morgan fingerprint density at radius 2 is 0.885 bits per heavy atom. The number of ether oxygens (including phenoxy) is 1. The summed E-state index contributed by atoms with van der Waals surface area (Å²) in [5, 5.41) is 7.60. The number of halogens is 15. The molecule has 0 rings (SSSR count). The molecule has 1 N–H and O–H groups in total. The predicted octanol–water partition coefficient (Wildman–Crippen LogP) is 4.38. The van der Waals surface area contributed by atoms with Crippen molar-refractivity contribution in [1.82, 2.24) is 0 Å². The van der Waals surface area contributed by atoms with Gasteiger partial charge in [0.1, 0.15) is 0 Å². The van der Waals surface area contributed by atoms with Gasteiger partial charge in [0.05, 0.1) is 0 Å². The molecule has 0 fully saturated rings. The van der Waals surface area contributed by atoms with E-state index in [0.717, 1.165) is 0 Å². The average Bonchev–Trinajstić information content (AvgIpc) is 2.34. The highest BCUT2D eigenvalue weighted by Gasteiger charge is 2.92. The molecule has 0 amide bonds. The predicted molar refractivity (Wildman–Crippen MR) is 44.5 cm³/mol. The van der Waals surface area contributed by atoms with Gasteiger partial charge in [-0.25, -0.2) is 9.53 Å². The number of rotatable bonds is 7. The largest absolute Gasteiger partial charge is 0.527 e. The van der Waals surface area contributed by atoms with E-state index in [-0.39, 0.29) is 0 Å². The van der Waals surface area contributed by atoms with E-state index in [9.17, 15) is 70.7 Å². The standard InChI is InChI=1S/C8HF15O3/c9-2(10,1(24)25)3(11,12)4(13,14)5(15,16)6(17,18)7(19,20)26-8(21,22)23/h(H,24,25). The molecule has 26 heavy (non-hydrogen) atoms. The third-order valence-electron chi connectivity index (χ3n) is 2.46. The number of aliphatic carboxylic acids is 1. The summed E-state index contributed by atoms with van der Waals surface area (Å²) < 4.78 is 188. The first kappa shape index (κ1) is 24.4. The fourth-order valence-electron chi connectivity index (χ4n) is 1.12. The highest BCUT2D eigenvalue weighted by Crippen LogP contribution is 2.60. The molecular formula is C8HF15O3. The molecule has 0 aliphatic rings. The molecule has 0 spiro atoms. The Labute approximate surface area is 130 Å². The fraction of sp³-hybridized carbons (Fsp3) is 0.875. The molecule has 0 radical (unpaired) electrons. The number of hydrogen-bond donors (Lipinski definition) is 1. The molecule has 0 saturated carbocycles. The number of alkyl halides is 15. The molecule has 0 heterocycles. The maximum Gasteiger partial charge on any atom is 0.527 e. The number of carboxylic acid groups (broad SMARTS) is 1. The SMILES string of the molecule is O=C(O)C(F)(F)C(F)(F)C(F)(F)C(F)(F)C(F)(F)C(F)(F)OC(F)(F)F. The van der Waals surface area contributed by atoms with Gasteiger partial charge in [-0.3, -0.25) is 0 Å². The minimum absolute atomic E-state index is 1.17. The highest BCUT2D eigenvalue weighted by molar-refractivity contribution is 5.77. The van der Waals surface area contributed by atoms with Gasteiger partial charge in [0.25, 0.3) is 0 Å². The molecular weight excluding hydrogens is 429 g/mol. The highest BCUT2D eigenvalue weighted by atomic mass is 19.4. The van der Waals surface area contributed by atoms with Gasteiger partial charge in [-0.2, -0.15) is 52.7 Å². The van der Waals surface area contributed by atoms with Crippen LogP contribution in [0.4, 0.5) is 65.9 Å². The van der Waals surface area contributed by atoms with Gasteiger partial charge in [0, 0.05) is 0 Å². The van der Waals surface area contributed by atoms with Crippen LogP contribution in [0.25, 0.3) is 0 Å². The van der Waals surface area contributed by atoms with Crippen molar-refractivity contribution >= 4 is 5.97 Å². The van der Waals surface area contributed by atoms with E-state index in [2.05, 4.69) is 0 Å². The van der Waals surface area contributed by atoms with Crippen molar-refractivity contribution in [1.29, 1.82) is 0 Å². The zero-order valence-electron chi connectivity index (χ0n) is 10.9. The second-order valence-corrected chi connectivity index (χ2v) is 4.24. The number of hydrogen-bond acceptors (Lipinski definition) is 2. The molecule has 0 aromatic carbocycles. The van der Waals surface area contributed by atoms with E-state index in [0.29, 0.717) is 0 Å². The van der Waals surface area contributed by atoms with Crippen LogP contribution in [0.3, 0.4) is 0 Å². The van der Waals surface area contributed by atoms with E-state index in [1.165, 1.54) is 4.74 Å². The van der Waals surface area contributed by atoms with Crippen molar-refractivity contribution in [3.8, 4) is 0 Å². The van der Waals surface area contributed by atoms with Crippen LogP contribution in [0.2, 0.25) is 0 Å². The quantitative estimate of drug-likeness (QED) is 0.611. The molecule has 18 heteroatoms. The van der Waals surface area contributed by atoms with Crippen LogP contribution in [0.1, 0.15) is 0 Å². The maximum atomic E-state index is 12.9. The number of carbonyl (C=O) groups is 1. The smallest absolute Gasteiger partial charge is 0.477 e. The first-order valence-corrected chi connectivity index (χ1v) is 5.17. The molecule has 0 unspecified atom stereocenters. The molecule has 0 saturated heterocycles. The second kappa shape index (κ2) is 5.95. The van der Waals surface area contributed by atoms with Gasteiger partial charge in [-0.1, -0.05) is 0 Å². The Bertz CT molecular complexity index is 548. The van der Waals surface area contributed by atoms with Crippen molar-refractivity contribution in [2.75, 3.05) is 0 Å². The molecule has 0 atom stereocenters. The normalized spacial score (nSPS) is 16.0. The van der Waals surface area contributed by atoms with Crippen LogP contribution < -0.4 is 0 Å². The van der Waals surface area contributed by atoms with Gasteiger partial charge in [0.2, 0.25) is 0 Å². The Morgan fingerprint density at radius 1 is 0.577 bits per heavy atom. The average molecular weight is 430 g/mol. The lowest BCUT2D eigenvalue weighted by Crippen LogP contribution is -2.72. The summed E-state index contributed by atoms with van der Waals surface area (Å²) in [6.45, 7) is 0. The minimum Gasteiger partial charge on any atom is -0.477 e. The first-order chi connectivity index (χ1) is 10.9. The van der Waals surface area contributed by atoms with Gasteiger partial charge < -0.3 is 5.11 Å². The second-order valence-electron chi connectivity index (χ2n) is 4.24. The topological polar surface area (TPSA) is 46.5 Å². The summed E-state index contributed by atoms with van der Waals surface area (Å²) in [5.74, 6) is -44.3. The lowest BCUT2D eigenvalue weighted by atomic mass is 9.94. The molecule has 3 nitrogen and oxygen atoms in total. The van der Waals surface area contributed by atoms with Crippen LogP contribution in [-0.2, 0) is 9.53 Å². The van der Waals surface area contributed by atoms with Gasteiger partial charge >= 0.3 is 48.1 Å². The maximum absolute atomic E-state index is 12.9. The summed E-state index contributed by atoms with van der Waals surface area (Å²) in [6.07, 6.45) is -14.6. The molecule has 0 aromatic rings. The first-order valence-electron chi connectivity index (χ1n) is 5.17. The molecule has 0 aliphatic carbocycles. The van der Waals surface area contributed by atoms with Crippen molar-refractivity contribution in [2.24, 2.45) is 0 Å². The Morgan fingerprint density at radius 3 is 1.15 bits per heavy atom. The summed E-state index contributed by atoms with van der Waals surface area (Å²) >= 11 is 0. The summed E-state index contributed by atoms with van der Waals surface area (Å²) in [4.78, 5) is 9.76. The van der Waals surface area contributed by atoms with Crippen LogP contribution in [0, 0.1) is 0 Å². The Balaban J connectivity index is 6.40. The van der Waals surface area contributed by atoms with E-state index in [1.54, 1.807) is 0 Å². The van der Waals surface area contributed by atoms with Crippen LogP contribution in [0.5, 0.6) is 0 Å². The summed E-state index contributed by atoms with van der Waals surface area (Å²) in [5.41, 5.74) is 0. The molecule has 156 valence electrons. The van der Waals surface area contributed by atoms with Crippen LogP contribution in [-0.4, -0.2) is 53.2 Å². The fourth-order valence-corrected chi connectivity index (χ4v) is 1.12. The molecule has 0 aromatic heterocycles. The van der Waals surface area contributed by atoms with Crippen molar-refractivity contribution < 1.29 is 80.5 Å². The van der Waals surface area contributed by atoms with Crippen molar-refractivity contribution in [3.63, 3.8) is 0 Å². The third-order valence-corrected chi connectivity index (χ3v) is 2.46. The Hall–Kier alpha value is -1.62. The third kappa shape index (κ3) is 3.34. The Kier molecular flexibility index (Phi) is 5.58. The van der Waals surface area contributed by atoms with E-state index < -0.39 is 48.1 Å². The molecule has 0 aliphatic heterocycles. The minimum atomic E-state index is -8.36. The lowest BCUT2D eigenvalue weighted by molar-refractivity contribution is -0.505. The zero-order chi connectivity index (χ0) is 21.8. The van der Waals surface area contributed by atoms with Crippen molar-refractivity contribution in [2.45, 2.75) is 42.1 Å². The van der Waals surface area contributed by atoms with Crippen LogP contribution in [0.15, 0.2) is 0 Å². The van der Waals surface area contributed by atoms with Crippen molar-refractivity contribution in [3.05, 3.63) is 0 Å². The number of carboxylic acids is 1.